The smallest absolute Gasteiger partial charge is 0.320 e. The topological polar surface area (TPSA) is 77.5 Å². The molecule has 0 bridgehead atoms. The fourth-order valence-electron chi connectivity index (χ4n) is 3.41. The Balaban J connectivity index is 1.67. The van der Waals surface area contributed by atoms with Crippen molar-refractivity contribution in [2.45, 2.75) is 39.3 Å². The number of carbonyl (C=O) groups is 1. The highest BCUT2D eigenvalue weighted by atomic mass is 35.5. The predicted octanol–water partition coefficient (Wildman–Crippen LogP) is 4.34. The maximum absolute atomic E-state index is 11.1. The molecule has 148 valence electrons. The van der Waals surface area contributed by atoms with Crippen molar-refractivity contribution in [3.05, 3.63) is 64.3 Å². The summed E-state index contributed by atoms with van der Waals surface area (Å²) >= 11 is 6.20. The van der Waals surface area contributed by atoms with Crippen LogP contribution in [0.2, 0.25) is 5.02 Å². The Morgan fingerprint density at radius 1 is 1.25 bits per heavy atom. The Labute approximate surface area is 169 Å². The number of carboxylic acid groups (broad SMARTS) is 1. The third-order valence-electron chi connectivity index (χ3n) is 4.85. The lowest BCUT2D eigenvalue weighted by Gasteiger charge is -2.11. The van der Waals surface area contributed by atoms with Crippen LogP contribution in [-0.2, 0) is 17.8 Å². The van der Waals surface area contributed by atoms with E-state index < -0.39 is 12.0 Å². The van der Waals surface area contributed by atoms with Gasteiger partial charge in [-0.15, -0.1) is 0 Å². The van der Waals surface area contributed by atoms with E-state index in [0.717, 1.165) is 51.3 Å². The zero-order valence-electron chi connectivity index (χ0n) is 16.1. The molecule has 1 atom stereocenters. The number of rotatable bonds is 8. The lowest BCUT2D eigenvalue weighted by Crippen LogP contribution is -2.32. The normalized spacial score (nSPS) is 12.3. The van der Waals surface area contributed by atoms with E-state index in [1.807, 2.05) is 56.4 Å². The fraction of sp³-hybridized carbons (Fsp3) is 0.318. The van der Waals surface area contributed by atoms with Gasteiger partial charge in [-0.1, -0.05) is 29.8 Å². The average molecular weight is 401 g/mol. The van der Waals surface area contributed by atoms with Crippen LogP contribution in [0.1, 0.15) is 23.1 Å². The van der Waals surface area contributed by atoms with Crippen molar-refractivity contribution in [1.82, 2.24) is 4.57 Å². The van der Waals surface area contributed by atoms with E-state index in [9.17, 15) is 4.79 Å². The Hall–Kier alpha value is -2.50. The number of aliphatic carboxylic acids is 1. The first-order valence-corrected chi connectivity index (χ1v) is 9.69. The number of benzene rings is 2. The number of hydrogen-bond donors (Lipinski definition) is 2. The van der Waals surface area contributed by atoms with Gasteiger partial charge in [0.1, 0.15) is 11.8 Å². The van der Waals surface area contributed by atoms with E-state index in [4.69, 9.17) is 27.2 Å². The van der Waals surface area contributed by atoms with Crippen LogP contribution in [0, 0.1) is 13.8 Å². The highest BCUT2D eigenvalue weighted by Crippen LogP contribution is 2.26. The van der Waals surface area contributed by atoms with E-state index in [1.165, 1.54) is 0 Å². The summed E-state index contributed by atoms with van der Waals surface area (Å²) in [7, 11) is 0. The van der Waals surface area contributed by atoms with Crippen LogP contribution in [0.15, 0.2) is 42.6 Å². The first-order chi connectivity index (χ1) is 13.4. The number of fused-ring (bicyclic) bond motifs is 1. The van der Waals surface area contributed by atoms with Gasteiger partial charge in [0.2, 0.25) is 0 Å². The minimum Gasteiger partial charge on any atom is -0.494 e. The first kappa shape index (κ1) is 20.2. The highest BCUT2D eigenvalue weighted by molar-refractivity contribution is 6.32. The summed E-state index contributed by atoms with van der Waals surface area (Å²) in [6, 6.07) is 11.0. The molecule has 0 saturated heterocycles. The van der Waals surface area contributed by atoms with Gasteiger partial charge in [0.15, 0.2) is 0 Å². The maximum Gasteiger partial charge on any atom is 0.320 e. The first-order valence-electron chi connectivity index (χ1n) is 9.31. The molecule has 28 heavy (non-hydrogen) atoms. The molecule has 2 aromatic carbocycles. The third kappa shape index (κ3) is 4.49. The fourth-order valence-corrected chi connectivity index (χ4v) is 3.52. The molecule has 0 saturated carbocycles. The number of hydrogen-bond acceptors (Lipinski definition) is 3. The minimum atomic E-state index is -0.987. The van der Waals surface area contributed by atoms with Gasteiger partial charge in [0, 0.05) is 35.1 Å². The van der Waals surface area contributed by atoms with E-state index in [1.54, 1.807) is 0 Å². The second-order valence-electron chi connectivity index (χ2n) is 7.09. The number of halogens is 1. The van der Waals surface area contributed by atoms with Crippen LogP contribution in [0.4, 0.5) is 0 Å². The van der Waals surface area contributed by atoms with Gasteiger partial charge in [-0.2, -0.15) is 0 Å². The van der Waals surface area contributed by atoms with E-state index >= 15 is 0 Å². The van der Waals surface area contributed by atoms with E-state index in [2.05, 4.69) is 4.57 Å². The molecule has 6 heteroatoms. The minimum absolute atomic E-state index is 0.308. The van der Waals surface area contributed by atoms with Crippen LogP contribution >= 0.6 is 11.6 Å². The number of ether oxygens (including phenoxy) is 1. The molecule has 3 rings (SSSR count). The number of para-hydroxylation sites is 1. The summed E-state index contributed by atoms with van der Waals surface area (Å²) in [5, 5.41) is 10.9. The molecular formula is C22H25ClN2O3. The second kappa shape index (κ2) is 8.67. The molecule has 1 heterocycles. The van der Waals surface area contributed by atoms with E-state index in [0.29, 0.717) is 13.0 Å². The van der Waals surface area contributed by atoms with Gasteiger partial charge in [-0.3, -0.25) is 4.79 Å². The molecule has 0 aliphatic heterocycles. The third-order valence-corrected chi connectivity index (χ3v) is 5.45. The van der Waals surface area contributed by atoms with Crippen LogP contribution in [0.5, 0.6) is 5.75 Å². The largest absolute Gasteiger partial charge is 0.494 e. The second-order valence-corrected chi connectivity index (χ2v) is 7.46. The molecule has 3 N–H and O–H groups in total. The van der Waals surface area contributed by atoms with Crippen molar-refractivity contribution in [2.75, 3.05) is 6.61 Å². The summed E-state index contributed by atoms with van der Waals surface area (Å²) < 4.78 is 8.03. The number of nitrogens with two attached hydrogens (primary N) is 1. The van der Waals surface area contributed by atoms with Gasteiger partial charge < -0.3 is 20.1 Å². The Bertz CT molecular complexity index is 974. The van der Waals surface area contributed by atoms with Crippen LogP contribution in [-0.4, -0.2) is 28.3 Å². The Kier molecular flexibility index (Phi) is 6.27. The van der Waals surface area contributed by atoms with Crippen molar-refractivity contribution in [3.63, 3.8) is 0 Å². The SMILES string of the molecule is Cc1cc(OCCCn2cc(CC(N)C(=O)O)c3ccccc32)cc(C)c1Cl. The summed E-state index contributed by atoms with van der Waals surface area (Å²) in [4.78, 5) is 11.1. The van der Waals surface area contributed by atoms with Crippen molar-refractivity contribution in [1.29, 1.82) is 0 Å². The molecule has 0 radical (unpaired) electrons. The lowest BCUT2D eigenvalue weighted by atomic mass is 10.1. The van der Waals surface area contributed by atoms with Gasteiger partial charge in [0.05, 0.1) is 6.61 Å². The number of aryl methyl sites for hydroxylation is 3. The van der Waals surface area contributed by atoms with Crippen molar-refractivity contribution in [3.8, 4) is 5.75 Å². The molecule has 0 fully saturated rings. The van der Waals surface area contributed by atoms with Gasteiger partial charge >= 0.3 is 5.97 Å². The molecular weight excluding hydrogens is 376 g/mol. The zero-order valence-corrected chi connectivity index (χ0v) is 16.9. The van der Waals surface area contributed by atoms with Crippen molar-refractivity contribution < 1.29 is 14.6 Å². The molecule has 1 unspecified atom stereocenters. The average Bonchev–Trinajstić information content (AvgIpc) is 3.01. The molecule has 0 aliphatic carbocycles. The summed E-state index contributed by atoms with van der Waals surface area (Å²) in [5.41, 5.74) is 9.78. The molecule has 0 aliphatic rings. The zero-order chi connectivity index (χ0) is 20.3. The van der Waals surface area contributed by atoms with Crippen molar-refractivity contribution in [2.24, 2.45) is 5.73 Å². The highest BCUT2D eigenvalue weighted by Gasteiger charge is 2.16. The standard InChI is InChI=1S/C22H25ClN2O3/c1-14-10-17(11-15(2)21(14)23)28-9-5-8-25-13-16(12-19(24)22(26)27)18-6-3-4-7-20(18)25/h3-4,6-7,10-11,13,19H,5,8-9,12,24H2,1-2H3,(H,26,27). The Morgan fingerprint density at radius 3 is 2.61 bits per heavy atom. The van der Waals surface area contributed by atoms with Crippen LogP contribution < -0.4 is 10.5 Å². The number of carboxylic acids is 1. The Morgan fingerprint density at radius 2 is 1.93 bits per heavy atom. The number of aromatic nitrogens is 1. The van der Waals surface area contributed by atoms with Crippen molar-refractivity contribution >= 4 is 28.5 Å². The maximum atomic E-state index is 11.1. The molecule has 3 aromatic rings. The molecule has 5 nitrogen and oxygen atoms in total. The lowest BCUT2D eigenvalue weighted by molar-refractivity contribution is -0.138. The van der Waals surface area contributed by atoms with Gasteiger partial charge in [-0.05, 0) is 55.2 Å². The van der Waals surface area contributed by atoms with Crippen LogP contribution in [0.25, 0.3) is 10.9 Å². The van der Waals surface area contributed by atoms with Gasteiger partial charge in [0.25, 0.3) is 0 Å². The summed E-state index contributed by atoms with van der Waals surface area (Å²) in [6.45, 7) is 5.29. The molecule has 0 spiro atoms. The predicted molar refractivity (Wildman–Crippen MR) is 112 cm³/mol. The molecule has 0 amide bonds. The quantitative estimate of drug-likeness (QED) is 0.551. The summed E-state index contributed by atoms with van der Waals surface area (Å²) in [5.74, 6) is -0.163. The summed E-state index contributed by atoms with van der Waals surface area (Å²) in [6.07, 6.45) is 3.14. The number of nitrogens with zero attached hydrogens (tertiary/aromatic N) is 1. The molecule has 1 aromatic heterocycles. The van der Waals surface area contributed by atoms with Gasteiger partial charge in [-0.25, -0.2) is 0 Å². The van der Waals surface area contributed by atoms with Crippen LogP contribution in [0.3, 0.4) is 0 Å². The van der Waals surface area contributed by atoms with E-state index in [-0.39, 0.29) is 0 Å². The monoisotopic (exact) mass is 400 g/mol.